The van der Waals surface area contributed by atoms with Crippen LogP contribution in [0.15, 0.2) is 12.3 Å². The van der Waals surface area contributed by atoms with Crippen LogP contribution in [0, 0.1) is 11.8 Å². The second-order valence-corrected chi connectivity index (χ2v) is 23.9. The maximum absolute atomic E-state index is 11.6. The average Bonchev–Trinajstić information content (AvgIpc) is 4.19. The van der Waals surface area contributed by atoms with Crippen LogP contribution in [0.5, 0.6) is 0 Å². The number of ether oxygens (including phenoxy) is 4. The Balaban J connectivity index is 0.000000475. The van der Waals surface area contributed by atoms with E-state index in [2.05, 4.69) is 48.1 Å². The number of allylic oxidation sites excluding steroid dienone is 1. The molecule has 0 radical (unpaired) electrons. The van der Waals surface area contributed by atoms with E-state index in [0.29, 0.717) is 49.9 Å². The summed E-state index contributed by atoms with van der Waals surface area (Å²) in [5, 5.41) is 0. The van der Waals surface area contributed by atoms with Crippen LogP contribution in [0.3, 0.4) is 0 Å². The number of Topliss-reactive ketones (excluding diaryl/α,β-unsaturated/α-hetero) is 2. The number of ketones is 2. The molecule has 6 atom stereocenters. The van der Waals surface area contributed by atoms with Crippen molar-refractivity contribution in [1.29, 1.82) is 0 Å². The normalized spacial score (nSPS) is 22.7. The Labute approximate surface area is 468 Å². The van der Waals surface area contributed by atoms with Gasteiger partial charge in [0.25, 0.3) is 0 Å². The highest BCUT2D eigenvalue weighted by molar-refractivity contribution is 5.85. The van der Waals surface area contributed by atoms with E-state index in [1.165, 1.54) is 199 Å². The summed E-state index contributed by atoms with van der Waals surface area (Å²) in [6.07, 6.45) is 56.6. The van der Waals surface area contributed by atoms with E-state index < -0.39 is 0 Å². The molecule has 0 spiro atoms. The maximum atomic E-state index is 11.6. The standard InChI is InChI=1S/C15H28O.C14H26O2.C13H22O2.C13H24O2.C12H22O2/c1-3-4-5-6-7-8-9-10-11-15-13-12-14(2)16-15;1-2-3-4-5-6-7-8-10-13-11-9-12-14(15)16-13;1-3-4-5-6-12-11(9-10(2)14)7-8-13(12)15;1-3-4-5-6-7-8-10-13(2)11-9-12(14)15-13;1-2-3-4-5-6-7-8-11-9-10-12(13)14-11/h15H,2-13H2,1H3;13H,2-12H2,1H3;11-12H,3-9H2,1-2H3;3-11H2,1-2H3;11H,2-10H2,1H3. The molecule has 0 aromatic rings. The lowest BCUT2D eigenvalue weighted by molar-refractivity contribution is -0.154. The molecule has 9 nitrogen and oxygen atoms in total. The highest BCUT2D eigenvalue weighted by atomic mass is 16.6. The van der Waals surface area contributed by atoms with Crippen molar-refractivity contribution in [2.24, 2.45) is 11.8 Å². The molecule has 1 aliphatic carbocycles. The van der Waals surface area contributed by atoms with Gasteiger partial charge in [0.1, 0.15) is 29.4 Å². The number of cyclic esters (lactones) is 3. The fourth-order valence-corrected chi connectivity index (χ4v) is 11.4. The monoisotopic (exact) mass is 1070 g/mol. The number of rotatable bonds is 37. The van der Waals surface area contributed by atoms with Crippen molar-refractivity contribution in [3.8, 4) is 0 Å². The third-order valence-corrected chi connectivity index (χ3v) is 16.3. The first-order chi connectivity index (χ1) is 36.8. The zero-order chi connectivity index (χ0) is 55.9. The fourth-order valence-electron chi connectivity index (χ4n) is 11.4. The first-order valence-corrected chi connectivity index (χ1v) is 32.8. The Hall–Kier alpha value is -2.71. The minimum Gasteiger partial charge on any atom is -0.495 e. The summed E-state index contributed by atoms with van der Waals surface area (Å²) in [6.45, 7) is 18.7. The van der Waals surface area contributed by atoms with E-state index in [4.69, 9.17) is 18.9 Å². The van der Waals surface area contributed by atoms with E-state index in [-0.39, 0.29) is 47.4 Å². The highest BCUT2D eigenvalue weighted by Crippen LogP contribution is 2.35. The molecule has 5 aliphatic rings. The second kappa shape index (κ2) is 48.2. The molecule has 0 amide bonds. The van der Waals surface area contributed by atoms with E-state index in [0.717, 1.165) is 76.4 Å². The minimum absolute atomic E-state index is 0.000910. The van der Waals surface area contributed by atoms with Gasteiger partial charge < -0.3 is 23.7 Å². The summed E-state index contributed by atoms with van der Waals surface area (Å²) in [4.78, 5) is 55.6. The quantitative estimate of drug-likeness (QED) is 0.0340. The molecule has 4 saturated heterocycles. The van der Waals surface area contributed by atoms with Gasteiger partial charge in [0.15, 0.2) is 0 Å². The van der Waals surface area contributed by atoms with Gasteiger partial charge in [0, 0.05) is 44.4 Å². The summed E-state index contributed by atoms with van der Waals surface area (Å²) in [7, 11) is 0. The van der Waals surface area contributed by atoms with E-state index >= 15 is 0 Å². The number of esters is 3. The summed E-state index contributed by atoms with van der Waals surface area (Å²) in [6, 6.07) is 0. The molecular weight excluding hydrogens is 949 g/mol. The molecule has 0 aromatic heterocycles. The lowest BCUT2D eigenvalue weighted by Crippen LogP contribution is -2.23. The topological polar surface area (TPSA) is 122 Å². The van der Waals surface area contributed by atoms with Crippen molar-refractivity contribution in [2.45, 2.75) is 374 Å². The summed E-state index contributed by atoms with van der Waals surface area (Å²) >= 11 is 0. The predicted molar refractivity (Wildman–Crippen MR) is 316 cm³/mol. The number of hydrogen-bond acceptors (Lipinski definition) is 9. The summed E-state index contributed by atoms with van der Waals surface area (Å²) in [5.74, 6) is 2.19. The van der Waals surface area contributed by atoms with Crippen molar-refractivity contribution < 1.29 is 42.9 Å². The third-order valence-electron chi connectivity index (χ3n) is 16.3. The molecule has 4 heterocycles. The molecular formula is C67H122O9. The first-order valence-electron chi connectivity index (χ1n) is 32.8. The maximum Gasteiger partial charge on any atom is 0.306 e. The van der Waals surface area contributed by atoms with Crippen LogP contribution in [0.1, 0.15) is 350 Å². The van der Waals surface area contributed by atoms with E-state index in [1.807, 2.05) is 0 Å². The molecule has 5 fully saturated rings. The fraction of sp³-hybridized carbons (Fsp3) is 0.896. The van der Waals surface area contributed by atoms with E-state index in [1.54, 1.807) is 6.92 Å². The van der Waals surface area contributed by atoms with Gasteiger partial charge in [-0.3, -0.25) is 19.2 Å². The highest BCUT2D eigenvalue weighted by Gasteiger charge is 2.35. The Morgan fingerprint density at radius 1 is 0.461 bits per heavy atom. The second-order valence-electron chi connectivity index (χ2n) is 23.9. The molecule has 5 rings (SSSR count). The molecule has 0 N–H and O–H groups in total. The molecule has 444 valence electrons. The van der Waals surface area contributed by atoms with Gasteiger partial charge in [0.05, 0.1) is 11.9 Å². The Kier molecular flexibility index (Phi) is 45.2. The van der Waals surface area contributed by atoms with Gasteiger partial charge in [-0.2, -0.15) is 0 Å². The van der Waals surface area contributed by atoms with Gasteiger partial charge >= 0.3 is 17.9 Å². The molecule has 0 bridgehead atoms. The summed E-state index contributed by atoms with van der Waals surface area (Å²) in [5.41, 5.74) is -0.137. The van der Waals surface area contributed by atoms with Crippen LogP contribution in [-0.2, 0) is 42.9 Å². The van der Waals surface area contributed by atoms with Gasteiger partial charge in [-0.25, -0.2) is 0 Å². The Morgan fingerprint density at radius 2 is 0.868 bits per heavy atom. The lowest BCUT2D eigenvalue weighted by Gasteiger charge is -2.22. The van der Waals surface area contributed by atoms with Crippen LogP contribution in [0.2, 0.25) is 0 Å². The number of unbranched alkanes of at least 4 members (excludes halogenated alkanes) is 25. The molecule has 0 aromatic carbocycles. The first kappa shape index (κ1) is 71.3. The van der Waals surface area contributed by atoms with Crippen LogP contribution >= 0.6 is 0 Å². The van der Waals surface area contributed by atoms with E-state index in [9.17, 15) is 24.0 Å². The third kappa shape index (κ3) is 39.6. The van der Waals surface area contributed by atoms with Gasteiger partial charge in [-0.05, 0) is 116 Å². The van der Waals surface area contributed by atoms with Crippen molar-refractivity contribution in [3.63, 3.8) is 0 Å². The molecule has 9 heteroatoms. The molecule has 6 unspecified atom stereocenters. The van der Waals surface area contributed by atoms with Crippen LogP contribution in [0.25, 0.3) is 0 Å². The zero-order valence-corrected chi connectivity index (χ0v) is 51.0. The zero-order valence-electron chi connectivity index (χ0n) is 51.0. The van der Waals surface area contributed by atoms with Crippen molar-refractivity contribution >= 4 is 29.5 Å². The Morgan fingerprint density at radius 3 is 1.29 bits per heavy atom. The van der Waals surface area contributed by atoms with Crippen LogP contribution in [-0.4, -0.2) is 53.4 Å². The summed E-state index contributed by atoms with van der Waals surface area (Å²) < 4.78 is 21.4. The van der Waals surface area contributed by atoms with Gasteiger partial charge in [-0.15, -0.1) is 0 Å². The number of hydrogen-bond donors (Lipinski definition) is 0. The smallest absolute Gasteiger partial charge is 0.306 e. The van der Waals surface area contributed by atoms with Crippen molar-refractivity contribution in [3.05, 3.63) is 12.3 Å². The molecule has 1 saturated carbocycles. The van der Waals surface area contributed by atoms with Crippen molar-refractivity contribution in [1.82, 2.24) is 0 Å². The average molecular weight is 1070 g/mol. The molecule has 76 heavy (non-hydrogen) atoms. The van der Waals surface area contributed by atoms with Crippen LogP contribution in [0.4, 0.5) is 0 Å². The lowest BCUT2D eigenvalue weighted by atomic mass is 9.87. The SMILES string of the molecule is C=C1CCC(CCCCCCCCCC)O1.CCCCCC1C(=O)CCC1CC(C)=O.CCCCCCCCC1(C)CCC(=O)O1.CCCCCCCCC1CCC(=O)O1.CCCCCCCCCC1CCCC(=O)O1. The minimum atomic E-state index is -0.137. The van der Waals surface area contributed by atoms with Crippen LogP contribution < -0.4 is 0 Å². The molecule has 4 aliphatic heterocycles. The predicted octanol–water partition coefficient (Wildman–Crippen LogP) is 19.8. The van der Waals surface area contributed by atoms with Gasteiger partial charge in [-0.1, -0.05) is 208 Å². The Bertz CT molecular complexity index is 1470. The largest absolute Gasteiger partial charge is 0.495 e. The van der Waals surface area contributed by atoms with Crippen molar-refractivity contribution in [2.75, 3.05) is 0 Å². The van der Waals surface area contributed by atoms with Gasteiger partial charge in [0.2, 0.25) is 0 Å². The number of carbonyl (C=O) groups excluding carboxylic acids is 5. The number of carbonyl (C=O) groups is 5.